The van der Waals surface area contributed by atoms with E-state index in [1.165, 1.54) is 13.3 Å². The first-order valence-electron chi connectivity index (χ1n) is 5.59. The van der Waals surface area contributed by atoms with Gasteiger partial charge in [-0.25, -0.2) is 9.78 Å². The third-order valence-corrected chi connectivity index (χ3v) is 3.10. The molecule has 0 saturated heterocycles. The number of carbonyl (C=O) groups excluding carboxylic acids is 1. The maximum atomic E-state index is 11.3. The average Bonchev–Trinajstić information content (AvgIpc) is 3.17. The second-order valence-corrected chi connectivity index (χ2v) is 4.36. The van der Waals surface area contributed by atoms with Crippen LogP contribution in [0.3, 0.4) is 0 Å². The number of nitrogens with one attached hydrogen (secondary N) is 1. The lowest BCUT2D eigenvalue weighted by molar-refractivity contribution is -0.142. The molecule has 6 heteroatoms. The Morgan fingerprint density at radius 3 is 2.83 bits per heavy atom. The first-order chi connectivity index (χ1) is 8.57. The molecule has 0 aromatic carbocycles. The monoisotopic (exact) mass is 250 g/mol. The summed E-state index contributed by atoms with van der Waals surface area (Å²) in [6, 6.07) is 3.09. The van der Waals surface area contributed by atoms with Crippen molar-refractivity contribution in [2.24, 2.45) is 5.41 Å². The molecular weight excluding hydrogens is 236 g/mol. The number of aromatic nitrogens is 1. The number of anilines is 1. The maximum Gasteiger partial charge on any atom is 0.338 e. The molecule has 1 aromatic heterocycles. The summed E-state index contributed by atoms with van der Waals surface area (Å²) in [4.78, 5) is 26.3. The molecule has 0 radical (unpaired) electrons. The quantitative estimate of drug-likeness (QED) is 0.762. The number of carboxylic acid groups (broad SMARTS) is 1. The van der Waals surface area contributed by atoms with Crippen LogP contribution in [-0.2, 0) is 9.53 Å². The highest BCUT2D eigenvalue weighted by Crippen LogP contribution is 2.45. The predicted molar refractivity (Wildman–Crippen MR) is 63.4 cm³/mol. The van der Waals surface area contributed by atoms with Gasteiger partial charge in [0.1, 0.15) is 5.82 Å². The summed E-state index contributed by atoms with van der Waals surface area (Å²) in [6.45, 7) is 0.319. The number of nitrogens with zero attached hydrogens (tertiary/aromatic N) is 1. The van der Waals surface area contributed by atoms with Gasteiger partial charge in [-0.1, -0.05) is 0 Å². The fraction of sp³-hybridized carbons (Fsp3) is 0.417. The summed E-state index contributed by atoms with van der Waals surface area (Å²) in [5, 5.41) is 12.0. The Balaban J connectivity index is 2.02. The van der Waals surface area contributed by atoms with Crippen LogP contribution in [-0.4, -0.2) is 35.7 Å². The molecule has 0 amide bonds. The molecule has 1 aliphatic rings. The Morgan fingerprint density at radius 2 is 2.28 bits per heavy atom. The van der Waals surface area contributed by atoms with Crippen molar-refractivity contribution in [1.29, 1.82) is 0 Å². The van der Waals surface area contributed by atoms with E-state index in [1.54, 1.807) is 12.1 Å². The van der Waals surface area contributed by atoms with Crippen LogP contribution < -0.4 is 5.32 Å². The number of hydrogen-bond acceptors (Lipinski definition) is 5. The highest BCUT2D eigenvalue weighted by Gasteiger charge is 2.50. The number of ether oxygens (including phenoxy) is 1. The van der Waals surface area contributed by atoms with Crippen LogP contribution in [0.1, 0.15) is 23.2 Å². The van der Waals surface area contributed by atoms with Crippen molar-refractivity contribution in [3.05, 3.63) is 23.9 Å². The Morgan fingerprint density at radius 1 is 1.56 bits per heavy atom. The van der Waals surface area contributed by atoms with Crippen molar-refractivity contribution in [3.63, 3.8) is 0 Å². The van der Waals surface area contributed by atoms with Gasteiger partial charge in [-0.3, -0.25) is 4.79 Å². The minimum absolute atomic E-state index is 0.319. The van der Waals surface area contributed by atoms with Gasteiger partial charge in [0.2, 0.25) is 0 Å². The number of carboxylic acids is 1. The average molecular weight is 250 g/mol. The molecule has 0 aliphatic heterocycles. The summed E-state index contributed by atoms with van der Waals surface area (Å²) in [6.07, 6.45) is 2.83. The summed E-state index contributed by atoms with van der Waals surface area (Å²) in [5.41, 5.74) is -0.279. The Kier molecular flexibility index (Phi) is 3.18. The standard InChI is InChI=1S/C12H14N2O4/c1-18-10(15)8-2-5-13-9(6-8)14-7-12(3-4-12)11(16)17/h2,5-6H,3-4,7H2,1H3,(H,13,14)(H,16,17). The van der Waals surface area contributed by atoms with E-state index in [4.69, 9.17) is 5.11 Å². The van der Waals surface area contributed by atoms with E-state index in [9.17, 15) is 9.59 Å². The van der Waals surface area contributed by atoms with Crippen molar-refractivity contribution in [2.75, 3.05) is 19.0 Å². The summed E-state index contributed by atoms with van der Waals surface area (Å²) in [7, 11) is 1.31. The first kappa shape index (κ1) is 12.3. The molecule has 0 spiro atoms. The predicted octanol–water partition coefficient (Wildman–Crippen LogP) is 1.14. The van der Waals surface area contributed by atoms with Crippen molar-refractivity contribution in [2.45, 2.75) is 12.8 Å². The number of aliphatic carboxylic acids is 1. The number of pyridine rings is 1. The molecule has 0 unspecified atom stereocenters. The van der Waals surface area contributed by atoms with Gasteiger partial charge in [0.05, 0.1) is 18.1 Å². The molecule has 2 rings (SSSR count). The van der Waals surface area contributed by atoms with Crippen LogP contribution in [0.4, 0.5) is 5.82 Å². The lowest BCUT2D eigenvalue weighted by Gasteiger charge is -2.11. The number of esters is 1. The van der Waals surface area contributed by atoms with E-state index >= 15 is 0 Å². The zero-order valence-corrected chi connectivity index (χ0v) is 9.97. The lowest BCUT2D eigenvalue weighted by Crippen LogP contribution is -2.24. The first-order valence-corrected chi connectivity index (χ1v) is 5.59. The summed E-state index contributed by atoms with van der Waals surface area (Å²) in [5.74, 6) is -0.760. The van der Waals surface area contributed by atoms with Crippen molar-refractivity contribution in [3.8, 4) is 0 Å². The molecule has 96 valence electrons. The van der Waals surface area contributed by atoms with Crippen LogP contribution in [0.25, 0.3) is 0 Å². The smallest absolute Gasteiger partial charge is 0.338 e. The zero-order chi connectivity index (χ0) is 13.2. The van der Waals surface area contributed by atoms with Gasteiger partial charge < -0.3 is 15.2 Å². The molecule has 0 bridgehead atoms. The second-order valence-electron chi connectivity index (χ2n) is 4.36. The van der Waals surface area contributed by atoms with Crippen molar-refractivity contribution in [1.82, 2.24) is 4.98 Å². The number of hydrogen-bond donors (Lipinski definition) is 2. The maximum absolute atomic E-state index is 11.3. The van der Waals surface area contributed by atoms with Gasteiger partial charge in [0, 0.05) is 12.7 Å². The van der Waals surface area contributed by atoms with E-state index in [-0.39, 0.29) is 0 Å². The third kappa shape index (κ3) is 2.42. The number of methoxy groups -OCH3 is 1. The van der Waals surface area contributed by atoms with Crippen molar-refractivity contribution >= 4 is 17.8 Å². The van der Waals surface area contributed by atoms with Crippen LogP contribution in [0, 0.1) is 5.41 Å². The van der Waals surface area contributed by atoms with Crippen LogP contribution in [0.15, 0.2) is 18.3 Å². The number of carbonyl (C=O) groups is 2. The molecule has 1 saturated carbocycles. The van der Waals surface area contributed by atoms with E-state index in [0.29, 0.717) is 30.8 Å². The zero-order valence-electron chi connectivity index (χ0n) is 9.97. The van der Waals surface area contributed by atoms with Crippen LogP contribution in [0.2, 0.25) is 0 Å². The topological polar surface area (TPSA) is 88.5 Å². The number of rotatable bonds is 5. The normalized spacial score (nSPS) is 15.8. The molecular formula is C12H14N2O4. The summed E-state index contributed by atoms with van der Waals surface area (Å²) < 4.78 is 4.60. The van der Waals surface area contributed by atoms with Gasteiger partial charge in [-0.05, 0) is 25.0 Å². The lowest BCUT2D eigenvalue weighted by atomic mass is 10.1. The fourth-order valence-corrected chi connectivity index (χ4v) is 1.65. The highest BCUT2D eigenvalue weighted by molar-refractivity contribution is 5.90. The van der Waals surface area contributed by atoms with E-state index in [1.807, 2.05) is 0 Å². The van der Waals surface area contributed by atoms with Gasteiger partial charge in [-0.2, -0.15) is 0 Å². The molecule has 1 fully saturated rings. The second kappa shape index (κ2) is 4.64. The van der Waals surface area contributed by atoms with Gasteiger partial charge >= 0.3 is 11.9 Å². The molecule has 0 atom stereocenters. The summed E-state index contributed by atoms with van der Waals surface area (Å²) >= 11 is 0. The van der Waals surface area contributed by atoms with Crippen molar-refractivity contribution < 1.29 is 19.4 Å². The molecule has 18 heavy (non-hydrogen) atoms. The van der Waals surface area contributed by atoms with E-state index < -0.39 is 17.4 Å². The molecule has 6 nitrogen and oxygen atoms in total. The molecule has 2 N–H and O–H groups in total. The Bertz CT molecular complexity index is 483. The van der Waals surface area contributed by atoms with Gasteiger partial charge in [0.25, 0.3) is 0 Å². The highest BCUT2D eigenvalue weighted by atomic mass is 16.5. The molecule has 1 heterocycles. The van der Waals surface area contributed by atoms with E-state index in [0.717, 1.165) is 0 Å². The minimum atomic E-state index is -0.792. The van der Waals surface area contributed by atoms with Crippen LogP contribution >= 0.6 is 0 Å². The van der Waals surface area contributed by atoms with E-state index in [2.05, 4.69) is 15.0 Å². The van der Waals surface area contributed by atoms with Gasteiger partial charge in [0.15, 0.2) is 0 Å². The minimum Gasteiger partial charge on any atom is -0.481 e. The fourth-order valence-electron chi connectivity index (χ4n) is 1.65. The largest absolute Gasteiger partial charge is 0.481 e. The SMILES string of the molecule is COC(=O)c1ccnc(NCC2(C(=O)O)CC2)c1. The third-order valence-electron chi connectivity index (χ3n) is 3.10. The molecule has 1 aliphatic carbocycles. The van der Waals surface area contributed by atoms with Crippen LogP contribution in [0.5, 0.6) is 0 Å². The Labute approximate surface area is 104 Å². The molecule has 1 aromatic rings. The Hall–Kier alpha value is -2.11. The van der Waals surface area contributed by atoms with Gasteiger partial charge in [-0.15, -0.1) is 0 Å².